The third kappa shape index (κ3) is 3.74. The second-order valence-electron chi connectivity index (χ2n) is 2.94. The van der Waals surface area contributed by atoms with Gasteiger partial charge in [0.25, 0.3) is 0 Å². The SMILES string of the molecule is COC(=O)/C=C\CCC1C=CC=C1. The van der Waals surface area contributed by atoms with Crippen LogP contribution in [0.2, 0.25) is 0 Å². The van der Waals surface area contributed by atoms with Crippen molar-refractivity contribution in [3.05, 3.63) is 36.5 Å². The molecule has 0 aromatic rings. The Labute approximate surface area is 78.6 Å². The monoisotopic (exact) mass is 178 g/mol. The summed E-state index contributed by atoms with van der Waals surface area (Å²) < 4.78 is 4.47. The van der Waals surface area contributed by atoms with Crippen molar-refractivity contribution in [3.8, 4) is 0 Å². The molecule has 2 heteroatoms. The molecule has 0 saturated carbocycles. The van der Waals surface area contributed by atoms with Gasteiger partial charge in [0.1, 0.15) is 0 Å². The normalized spacial score (nSPS) is 15.8. The van der Waals surface area contributed by atoms with Crippen LogP contribution in [0, 0.1) is 5.92 Å². The molecule has 0 aromatic heterocycles. The first-order valence-electron chi connectivity index (χ1n) is 4.42. The van der Waals surface area contributed by atoms with Crippen molar-refractivity contribution in [1.29, 1.82) is 0 Å². The Morgan fingerprint density at radius 1 is 1.46 bits per heavy atom. The Kier molecular flexibility index (Phi) is 4.03. The third-order valence-electron chi connectivity index (χ3n) is 1.95. The van der Waals surface area contributed by atoms with Gasteiger partial charge in [-0.3, -0.25) is 0 Å². The number of carbonyl (C=O) groups excluding carboxylic acids is 1. The van der Waals surface area contributed by atoms with Crippen molar-refractivity contribution in [2.45, 2.75) is 12.8 Å². The number of ether oxygens (including phenoxy) is 1. The van der Waals surface area contributed by atoms with Crippen LogP contribution in [0.3, 0.4) is 0 Å². The average molecular weight is 178 g/mol. The molecule has 70 valence electrons. The minimum Gasteiger partial charge on any atom is -0.466 e. The topological polar surface area (TPSA) is 26.3 Å². The molecule has 0 saturated heterocycles. The molecule has 2 nitrogen and oxygen atoms in total. The maximum atomic E-state index is 10.7. The number of rotatable bonds is 4. The highest BCUT2D eigenvalue weighted by molar-refractivity contribution is 5.81. The molecule has 0 atom stereocenters. The number of allylic oxidation sites excluding steroid dienone is 5. The fraction of sp³-hybridized carbons (Fsp3) is 0.364. The molecule has 0 heterocycles. The van der Waals surface area contributed by atoms with Crippen molar-refractivity contribution < 1.29 is 9.53 Å². The molecular formula is C11H14O2. The van der Waals surface area contributed by atoms with E-state index in [0.29, 0.717) is 5.92 Å². The van der Waals surface area contributed by atoms with Gasteiger partial charge in [-0.05, 0) is 18.8 Å². The van der Waals surface area contributed by atoms with Crippen molar-refractivity contribution in [1.82, 2.24) is 0 Å². The van der Waals surface area contributed by atoms with Crippen molar-refractivity contribution in [3.63, 3.8) is 0 Å². The van der Waals surface area contributed by atoms with Crippen LogP contribution in [0.4, 0.5) is 0 Å². The molecule has 1 aliphatic carbocycles. The van der Waals surface area contributed by atoms with E-state index in [-0.39, 0.29) is 5.97 Å². The van der Waals surface area contributed by atoms with Gasteiger partial charge < -0.3 is 4.74 Å². The van der Waals surface area contributed by atoms with E-state index in [1.165, 1.54) is 13.2 Å². The Bertz CT molecular complexity index is 237. The van der Waals surface area contributed by atoms with Crippen molar-refractivity contribution in [2.75, 3.05) is 7.11 Å². The zero-order valence-corrected chi connectivity index (χ0v) is 7.77. The van der Waals surface area contributed by atoms with Gasteiger partial charge in [-0.15, -0.1) is 0 Å². The molecule has 0 aliphatic heterocycles. The van der Waals surface area contributed by atoms with Gasteiger partial charge >= 0.3 is 5.97 Å². The first-order chi connectivity index (χ1) is 6.33. The minimum absolute atomic E-state index is 0.280. The number of methoxy groups -OCH3 is 1. The Morgan fingerprint density at radius 3 is 2.77 bits per heavy atom. The van der Waals surface area contributed by atoms with Crippen molar-refractivity contribution in [2.24, 2.45) is 5.92 Å². The van der Waals surface area contributed by atoms with Gasteiger partial charge in [0, 0.05) is 6.08 Å². The van der Waals surface area contributed by atoms with Crippen LogP contribution in [-0.2, 0) is 9.53 Å². The van der Waals surface area contributed by atoms with Crippen LogP contribution in [0.15, 0.2) is 36.5 Å². The molecule has 0 amide bonds. The van der Waals surface area contributed by atoms with Crippen LogP contribution in [-0.4, -0.2) is 13.1 Å². The van der Waals surface area contributed by atoms with Gasteiger partial charge in [-0.2, -0.15) is 0 Å². The number of esters is 1. The summed E-state index contributed by atoms with van der Waals surface area (Å²) in [4.78, 5) is 10.7. The van der Waals surface area contributed by atoms with Gasteiger partial charge in [0.2, 0.25) is 0 Å². The fourth-order valence-electron chi connectivity index (χ4n) is 1.21. The van der Waals surface area contributed by atoms with Gasteiger partial charge in [0.05, 0.1) is 7.11 Å². The highest BCUT2D eigenvalue weighted by atomic mass is 16.5. The second-order valence-corrected chi connectivity index (χ2v) is 2.94. The van der Waals surface area contributed by atoms with E-state index in [1.807, 2.05) is 6.08 Å². The van der Waals surface area contributed by atoms with E-state index in [4.69, 9.17) is 0 Å². The highest BCUT2D eigenvalue weighted by Gasteiger charge is 2.01. The summed E-state index contributed by atoms with van der Waals surface area (Å²) in [6.45, 7) is 0. The standard InChI is InChI=1S/C11H14O2/c1-13-11(12)9-5-4-8-10-6-2-3-7-10/h2-3,5-7,9-10H,4,8H2,1H3/b9-5-. The minimum atomic E-state index is -0.280. The summed E-state index contributed by atoms with van der Waals surface area (Å²) in [5.74, 6) is 0.264. The second kappa shape index (κ2) is 5.36. The predicted molar refractivity (Wildman–Crippen MR) is 52.2 cm³/mol. The number of hydrogen-bond donors (Lipinski definition) is 0. The zero-order valence-electron chi connectivity index (χ0n) is 7.77. The van der Waals surface area contributed by atoms with E-state index < -0.39 is 0 Å². The number of hydrogen-bond acceptors (Lipinski definition) is 2. The lowest BCUT2D eigenvalue weighted by Gasteiger charge is -2.00. The van der Waals surface area contributed by atoms with Crippen LogP contribution < -0.4 is 0 Å². The summed E-state index contributed by atoms with van der Waals surface area (Å²) in [6.07, 6.45) is 13.7. The molecule has 0 bridgehead atoms. The summed E-state index contributed by atoms with van der Waals surface area (Å²) in [5.41, 5.74) is 0. The molecule has 1 rings (SSSR count). The van der Waals surface area contributed by atoms with E-state index in [9.17, 15) is 4.79 Å². The highest BCUT2D eigenvalue weighted by Crippen LogP contribution is 2.15. The lowest BCUT2D eigenvalue weighted by molar-refractivity contribution is -0.134. The fourth-order valence-corrected chi connectivity index (χ4v) is 1.21. The van der Waals surface area contributed by atoms with E-state index in [1.54, 1.807) is 0 Å². The summed E-state index contributed by atoms with van der Waals surface area (Å²) in [7, 11) is 1.38. The quantitative estimate of drug-likeness (QED) is 0.487. The lowest BCUT2D eigenvalue weighted by atomic mass is 10.1. The Balaban J connectivity index is 2.13. The summed E-state index contributed by atoms with van der Waals surface area (Å²) in [6, 6.07) is 0. The lowest BCUT2D eigenvalue weighted by Crippen LogP contribution is -1.94. The molecule has 0 spiro atoms. The molecule has 1 aliphatic rings. The van der Waals surface area contributed by atoms with Gasteiger partial charge in [-0.1, -0.05) is 30.4 Å². The number of carbonyl (C=O) groups is 1. The van der Waals surface area contributed by atoms with Gasteiger partial charge in [0.15, 0.2) is 0 Å². The van der Waals surface area contributed by atoms with E-state index >= 15 is 0 Å². The van der Waals surface area contributed by atoms with Gasteiger partial charge in [-0.25, -0.2) is 4.79 Å². The molecular weight excluding hydrogens is 164 g/mol. The predicted octanol–water partition coefficient (Wildman–Crippen LogP) is 2.24. The molecule has 0 radical (unpaired) electrons. The van der Waals surface area contributed by atoms with Crippen LogP contribution in [0.5, 0.6) is 0 Å². The third-order valence-corrected chi connectivity index (χ3v) is 1.95. The largest absolute Gasteiger partial charge is 0.466 e. The molecule has 13 heavy (non-hydrogen) atoms. The molecule has 0 unspecified atom stereocenters. The summed E-state index contributed by atoms with van der Waals surface area (Å²) in [5, 5.41) is 0. The van der Waals surface area contributed by atoms with Crippen LogP contribution in [0.25, 0.3) is 0 Å². The molecule has 0 aromatic carbocycles. The molecule has 0 fully saturated rings. The Hall–Kier alpha value is -1.31. The van der Waals surface area contributed by atoms with E-state index in [0.717, 1.165) is 12.8 Å². The Morgan fingerprint density at radius 2 is 2.15 bits per heavy atom. The first-order valence-corrected chi connectivity index (χ1v) is 4.42. The maximum absolute atomic E-state index is 10.7. The maximum Gasteiger partial charge on any atom is 0.330 e. The molecule has 0 N–H and O–H groups in total. The van der Waals surface area contributed by atoms with Crippen LogP contribution in [0.1, 0.15) is 12.8 Å². The average Bonchev–Trinajstić information content (AvgIpc) is 2.64. The summed E-state index contributed by atoms with van der Waals surface area (Å²) >= 11 is 0. The van der Waals surface area contributed by atoms with E-state index in [2.05, 4.69) is 29.0 Å². The van der Waals surface area contributed by atoms with Crippen molar-refractivity contribution >= 4 is 5.97 Å². The zero-order chi connectivity index (χ0) is 9.52. The first kappa shape index (κ1) is 9.78. The smallest absolute Gasteiger partial charge is 0.330 e. The van der Waals surface area contributed by atoms with Crippen LogP contribution >= 0.6 is 0 Å².